The number of fused-ring (bicyclic) bond motifs is 1. The van der Waals surface area contributed by atoms with Gasteiger partial charge in [0.2, 0.25) is 35.4 Å². The zero-order valence-corrected chi connectivity index (χ0v) is 38.6. The van der Waals surface area contributed by atoms with Gasteiger partial charge in [-0.25, -0.2) is 4.79 Å². The number of para-hydroxylation sites is 1. The fourth-order valence-electron chi connectivity index (χ4n) is 7.68. The largest absolute Gasteiger partial charge is 0.508 e. The topological polar surface area (TPSA) is 300 Å². The van der Waals surface area contributed by atoms with Crippen molar-refractivity contribution in [2.75, 3.05) is 18.1 Å². The summed E-state index contributed by atoms with van der Waals surface area (Å²) in [5.41, 5.74) is 15.0. The van der Waals surface area contributed by atoms with Gasteiger partial charge in [-0.15, -0.1) is 0 Å². The summed E-state index contributed by atoms with van der Waals surface area (Å²) in [6.45, 7) is 3.56. The number of aliphatic carboxylic acids is 1. The van der Waals surface area contributed by atoms with E-state index in [0.717, 1.165) is 16.5 Å². The summed E-state index contributed by atoms with van der Waals surface area (Å²) in [5.74, 6) is -5.68. The van der Waals surface area contributed by atoms with Crippen molar-refractivity contribution in [1.29, 1.82) is 0 Å². The Morgan fingerprint density at radius 2 is 1.30 bits per heavy atom. The van der Waals surface area contributed by atoms with Crippen LogP contribution in [0, 0.1) is 5.92 Å². The first-order valence-corrected chi connectivity index (χ1v) is 23.7. The van der Waals surface area contributed by atoms with Crippen LogP contribution in [0.5, 0.6) is 5.75 Å². The second kappa shape index (κ2) is 25.5. The molecule has 19 heteroatoms. The number of nitrogens with one attached hydrogen (secondary N) is 7. The standard InChI is InChI=1S/C48H63N9O9S/c1-28(2)41(48(65)66)57-47(64)40-27-67-22-10-14-34(50)42(59)53-37(23-29-11-4-3-5-12-29)44(61)55-39(25-31-26-51-35-15-7-6-13-33(31)35)46(63)52-36(16-8-9-21-49)43(60)54-38(45(62)56-40)24-30-17-19-32(58)20-18-30/h3-7,11-13,15,17-20,26,28,34,36-41,51,58H,8-10,14,16,21-25,27,49-50H2,1-2H3,(H,52,63)(H,53,59)(H,54,60)(H,55,61)(H,56,62)(H,57,64)(H,65,66)/t34-,36-,37-,38?,39-,40?,41-/m0/s1. The third-order valence-corrected chi connectivity index (χ3v) is 12.7. The molecule has 1 aromatic heterocycles. The van der Waals surface area contributed by atoms with Gasteiger partial charge in [0, 0.05) is 42.1 Å². The summed E-state index contributed by atoms with van der Waals surface area (Å²) in [6, 6.07) is 13.9. The number of carboxylic acid groups (broad SMARTS) is 1. The lowest BCUT2D eigenvalue weighted by Gasteiger charge is -2.28. The molecule has 18 nitrogen and oxygen atoms in total. The molecule has 0 spiro atoms. The Bertz CT molecular complexity index is 2310. The predicted molar refractivity (Wildman–Crippen MR) is 255 cm³/mol. The third kappa shape index (κ3) is 15.6. The third-order valence-electron chi connectivity index (χ3n) is 11.5. The molecule has 7 atom stereocenters. The van der Waals surface area contributed by atoms with Crippen LogP contribution in [0.15, 0.2) is 85.1 Å². The molecule has 0 aliphatic carbocycles. The normalized spacial score (nSPS) is 22.3. The SMILES string of the molecule is CC(C)[C@H](NC(=O)C1CSCCC[C@H](N)C(=O)N[C@@H](Cc2ccccc2)C(=O)N[C@@H](Cc2c[nH]c3ccccc23)C(=O)N[C@@H](CCCCN)C(=O)NC(Cc2ccc(O)cc2)C(=O)N1)C(=O)O. The number of aromatic nitrogens is 1. The average molecular weight is 942 g/mol. The number of hydrogen-bond acceptors (Lipinski definition) is 11. The molecular weight excluding hydrogens is 879 g/mol. The van der Waals surface area contributed by atoms with E-state index in [9.17, 15) is 43.8 Å². The van der Waals surface area contributed by atoms with Crippen LogP contribution in [0.1, 0.15) is 62.6 Å². The first-order chi connectivity index (χ1) is 32.1. The first-order valence-electron chi connectivity index (χ1n) is 22.6. The Morgan fingerprint density at radius 1 is 0.731 bits per heavy atom. The van der Waals surface area contributed by atoms with Gasteiger partial charge in [-0.1, -0.05) is 74.5 Å². The second-order valence-electron chi connectivity index (χ2n) is 17.1. The van der Waals surface area contributed by atoms with E-state index in [2.05, 4.69) is 36.9 Å². The minimum atomic E-state index is -1.34. The molecule has 1 saturated heterocycles. The van der Waals surface area contributed by atoms with E-state index in [4.69, 9.17) is 11.5 Å². The highest BCUT2D eigenvalue weighted by molar-refractivity contribution is 7.99. The Balaban J connectivity index is 1.54. The Kier molecular flexibility index (Phi) is 19.6. The number of carboxylic acids is 1. The Morgan fingerprint density at radius 3 is 1.94 bits per heavy atom. The molecule has 1 fully saturated rings. The van der Waals surface area contributed by atoms with Crippen LogP contribution >= 0.6 is 11.8 Å². The summed E-state index contributed by atoms with van der Waals surface area (Å²) < 4.78 is 0. The minimum Gasteiger partial charge on any atom is -0.508 e. The van der Waals surface area contributed by atoms with E-state index in [1.165, 1.54) is 23.9 Å². The number of phenolic OH excluding ortho intramolecular Hbond substituents is 1. The van der Waals surface area contributed by atoms with Crippen molar-refractivity contribution in [2.45, 2.75) is 108 Å². The number of H-pyrrole nitrogens is 1. The number of carbonyl (C=O) groups excluding carboxylic acids is 6. The van der Waals surface area contributed by atoms with Crippen LogP contribution in [0.3, 0.4) is 0 Å². The zero-order chi connectivity index (χ0) is 48.5. The molecule has 67 heavy (non-hydrogen) atoms. The fourth-order valence-corrected chi connectivity index (χ4v) is 8.69. The van der Waals surface area contributed by atoms with Gasteiger partial charge in [0.25, 0.3) is 0 Å². The van der Waals surface area contributed by atoms with E-state index >= 15 is 0 Å². The van der Waals surface area contributed by atoms with E-state index in [0.29, 0.717) is 42.7 Å². The summed E-state index contributed by atoms with van der Waals surface area (Å²) >= 11 is 1.27. The van der Waals surface area contributed by atoms with Gasteiger partial charge in [-0.3, -0.25) is 28.8 Å². The summed E-state index contributed by atoms with van der Waals surface area (Å²) in [4.78, 5) is 101. The number of carbonyl (C=O) groups is 7. The van der Waals surface area contributed by atoms with Crippen LogP contribution in [0.2, 0.25) is 0 Å². The second-order valence-corrected chi connectivity index (χ2v) is 18.3. The van der Waals surface area contributed by atoms with Crippen LogP contribution < -0.4 is 43.4 Å². The Labute approximate surface area is 393 Å². The minimum absolute atomic E-state index is 0.0156. The molecule has 3 aromatic carbocycles. The molecule has 0 radical (unpaired) electrons. The summed E-state index contributed by atoms with van der Waals surface area (Å²) in [6.07, 6.45) is 3.25. The molecule has 13 N–H and O–H groups in total. The van der Waals surface area contributed by atoms with Gasteiger partial charge < -0.3 is 58.6 Å². The number of benzene rings is 3. The monoisotopic (exact) mass is 941 g/mol. The van der Waals surface area contributed by atoms with Crippen molar-refractivity contribution in [3.05, 3.63) is 102 Å². The summed E-state index contributed by atoms with van der Waals surface area (Å²) in [5, 5.41) is 37.2. The lowest BCUT2D eigenvalue weighted by Crippen LogP contribution is -2.60. The molecule has 2 heterocycles. The van der Waals surface area contributed by atoms with Crippen LogP contribution in [0.25, 0.3) is 10.9 Å². The fraction of sp³-hybridized carbons (Fsp3) is 0.438. The number of phenols is 1. The van der Waals surface area contributed by atoms with E-state index in [1.54, 1.807) is 44.3 Å². The van der Waals surface area contributed by atoms with Gasteiger partial charge in [0.05, 0.1) is 6.04 Å². The van der Waals surface area contributed by atoms with Crippen molar-refractivity contribution < 1.29 is 43.8 Å². The lowest BCUT2D eigenvalue weighted by atomic mass is 10.0. The number of amides is 6. The van der Waals surface area contributed by atoms with Crippen molar-refractivity contribution in [1.82, 2.24) is 36.9 Å². The summed E-state index contributed by atoms with van der Waals surface area (Å²) in [7, 11) is 0. The molecule has 1 aliphatic rings. The van der Waals surface area contributed by atoms with E-state index < -0.39 is 89.6 Å². The molecule has 1 aliphatic heterocycles. The number of aromatic amines is 1. The highest BCUT2D eigenvalue weighted by atomic mass is 32.2. The number of unbranched alkanes of at least 4 members (excludes halogenated alkanes) is 1. The lowest BCUT2D eigenvalue weighted by molar-refractivity contribution is -0.143. The first kappa shape index (κ1) is 51.5. The smallest absolute Gasteiger partial charge is 0.326 e. The number of thioether (sulfide) groups is 1. The molecule has 4 aromatic rings. The van der Waals surface area contributed by atoms with E-state index in [-0.39, 0.29) is 43.6 Å². The van der Waals surface area contributed by atoms with Crippen LogP contribution in [0.4, 0.5) is 0 Å². The van der Waals surface area contributed by atoms with Gasteiger partial charge in [-0.05, 0) is 85.2 Å². The maximum absolute atomic E-state index is 14.6. The maximum atomic E-state index is 14.6. The number of rotatable bonds is 14. The molecule has 0 bridgehead atoms. The molecule has 2 unspecified atom stereocenters. The van der Waals surface area contributed by atoms with E-state index in [1.807, 2.05) is 42.5 Å². The predicted octanol–water partition coefficient (Wildman–Crippen LogP) is 1.53. The highest BCUT2D eigenvalue weighted by Crippen LogP contribution is 2.20. The van der Waals surface area contributed by atoms with Crippen molar-refractivity contribution in [2.24, 2.45) is 17.4 Å². The zero-order valence-electron chi connectivity index (χ0n) is 37.8. The Hall–Kier alpha value is -6.44. The van der Waals surface area contributed by atoms with Crippen molar-refractivity contribution in [3.63, 3.8) is 0 Å². The van der Waals surface area contributed by atoms with Gasteiger partial charge in [0.1, 0.15) is 42.0 Å². The van der Waals surface area contributed by atoms with Crippen LogP contribution in [-0.2, 0) is 52.8 Å². The molecule has 360 valence electrons. The highest BCUT2D eigenvalue weighted by Gasteiger charge is 2.35. The van der Waals surface area contributed by atoms with Gasteiger partial charge >= 0.3 is 5.97 Å². The molecular formula is C48H63N9O9S. The molecule has 5 rings (SSSR count). The van der Waals surface area contributed by atoms with Crippen molar-refractivity contribution >= 4 is 64.1 Å². The number of aromatic hydroxyl groups is 1. The number of nitrogens with two attached hydrogens (primary N) is 2. The van der Waals surface area contributed by atoms with Gasteiger partial charge in [-0.2, -0.15) is 11.8 Å². The quantitative estimate of drug-likeness (QED) is 0.0803. The van der Waals surface area contributed by atoms with Crippen molar-refractivity contribution in [3.8, 4) is 5.75 Å². The average Bonchev–Trinajstić information content (AvgIpc) is 3.71. The maximum Gasteiger partial charge on any atom is 0.326 e. The number of hydrogen-bond donors (Lipinski definition) is 11. The van der Waals surface area contributed by atoms with Gasteiger partial charge in [0.15, 0.2) is 0 Å². The molecule has 6 amide bonds. The van der Waals surface area contributed by atoms with Crippen LogP contribution in [-0.4, -0.2) is 117 Å². The molecule has 0 saturated carbocycles.